The summed E-state index contributed by atoms with van der Waals surface area (Å²) < 4.78 is 1.90. The molecule has 3 heteroatoms. The zero-order chi connectivity index (χ0) is 10.1. The molecule has 13 heavy (non-hydrogen) atoms. The van der Waals surface area contributed by atoms with E-state index in [4.69, 9.17) is 5.73 Å². The smallest absolute Gasteiger partial charge is 0.0524 e. The van der Waals surface area contributed by atoms with Crippen LogP contribution >= 0.6 is 0 Å². The van der Waals surface area contributed by atoms with Gasteiger partial charge in [0.2, 0.25) is 0 Å². The van der Waals surface area contributed by atoms with Crippen molar-refractivity contribution in [2.75, 3.05) is 0 Å². The van der Waals surface area contributed by atoms with E-state index in [1.807, 2.05) is 17.9 Å². The monoisotopic (exact) mass is 181 g/mol. The highest BCUT2D eigenvalue weighted by Gasteiger charge is 2.12. The summed E-state index contributed by atoms with van der Waals surface area (Å²) in [5.74, 6) is 0. The fourth-order valence-corrected chi connectivity index (χ4v) is 1.25. The standard InChI is InChI=1S/C10H19N3/c1-8-9(7-12-13(8)4)5-6-10(2,3)11/h7H,5-6,11H2,1-4H3. The fourth-order valence-electron chi connectivity index (χ4n) is 1.25. The lowest BCUT2D eigenvalue weighted by atomic mass is 9.97. The van der Waals surface area contributed by atoms with E-state index in [0.29, 0.717) is 0 Å². The molecule has 1 heterocycles. The largest absolute Gasteiger partial charge is 0.326 e. The van der Waals surface area contributed by atoms with Gasteiger partial charge in [0.15, 0.2) is 0 Å². The molecule has 1 aromatic rings. The predicted molar refractivity (Wildman–Crippen MR) is 54.5 cm³/mol. The van der Waals surface area contributed by atoms with Crippen LogP contribution in [0.5, 0.6) is 0 Å². The number of aryl methyl sites for hydroxylation is 2. The lowest BCUT2D eigenvalue weighted by Gasteiger charge is -2.17. The van der Waals surface area contributed by atoms with E-state index < -0.39 is 0 Å². The Labute approximate surface area is 79.9 Å². The Hall–Kier alpha value is -0.830. The Morgan fingerprint density at radius 3 is 2.54 bits per heavy atom. The van der Waals surface area contributed by atoms with Gasteiger partial charge in [-0.05, 0) is 39.2 Å². The average molecular weight is 181 g/mol. The lowest BCUT2D eigenvalue weighted by molar-refractivity contribution is 0.476. The predicted octanol–water partition coefficient (Wildman–Crippen LogP) is 1.40. The summed E-state index contributed by atoms with van der Waals surface area (Å²) in [6.07, 6.45) is 3.95. The van der Waals surface area contributed by atoms with E-state index in [0.717, 1.165) is 12.8 Å². The van der Waals surface area contributed by atoms with E-state index in [-0.39, 0.29) is 5.54 Å². The van der Waals surface area contributed by atoms with Crippen LogP contribution in [0.3, 0.4) is 0 Å². The van der Waals surface area contributed by atoms with Crippen molar-refractivity contribution in [2.24, 2.45) is 12.8 Å². The first-order valence-electron chi connectivity index (χ1n) is 4.66. The third-order valence-electron chi connectivity index (χ3n) is 2.38. The number of nitrogens with two attached hydrogens (primary N) is 1. The van der Waals surface area contributed by atoms with Crippen molar-refractivity contribution < 1.29 is 0 Å². The van der Waals surface area contributed by atoms with Gasteiger partial charge < -0.3 is 5.73 Å². The Balaban J connectivity index is 2.60. The summed E-state index contributed by atoms with van der Waals surface area (Å²) in [4.78, 5) is 0. The zero-order valence-corrected chi connectivity index (χ0v) is 8.96. The number of hydrogen-bond donors (Lipinski definition) is 1. The molecule has 0 saturated carbocycles. The number of hydrogen-bond acceptors (Lipinski definition) is 2. The van der Waals surface area contributed by atoms with Crippen LogP contribution < -0.4 is 5.73 Å². The molecule has 0 fully saturated rings. The molecular weight excluding hydrogens is 162 g/mol. The topological polar surface area (TPSA) is 43.8 Å². The minimum absolute atomic E-state index is 0.0811. The van der Waals surface area contributed by atoms with Crippen LogP contribution in [0.2, 0.25) is 0 Å². The molecule has 3 nitrogen and oxygen atoms in total. The van der Waals surface area contributed by atoms with Crippen molar-refractivity contribution in [1.29, 1.82) is 0 Å². The quantitative estimate of drug-likeness (QED) is 0.766. The van der Waals surface area contributed by atoms with Crippen molar-refractivity contribution in [2.45, 2.75) is 39.2 Å². The van der Waals surface area contributed by atoms with Crippen molar-refractivity contribution in [3.8, 4) is 0 Å². The molecule has 0 amide bonds. The van der Waals surface area contributed by atoms with Crippen molar-refractivity contribution in [3.05, 3.63) is 17.5 Å². The molecule has 0 spiro atoms. The van der Waals surface area contributed by atoms with Crippen LogP contribution in [-0.4, -0.2) is 15.3 Å². The van der Waals surface area contributed by atoms with Crippen LogP contribution in [0.25, 0.3) is 0 Å². The van der Waals surface area contributed by atoms with Gasteiger partial charge in [0.05, 0.1) is 6.20 Å². The lowest BCUT2D eigenvalue weighted by Crippen LogP contribution is -2.32. The molecule has 0 saturated heterocycles. The van der Waals surface area contributed by atoms with Crippen molar-refractivity contribution in [1.82, 2.24) is 9.78 Å². The van der Waals surface area contributed by atoms with Gasteiger partial charge in [-0.1, -0.05) is 0 Å². The van der Waals surface area contributed by atoms with Crippen LogP contribution in [0, 0.1) is 6.92 Å². The number of aromatic nitrogens is 2. The van der Waals surface area contributed by atoms with Gasteiger partial charge >= 0.3 is 0 Å². The highest BCUT2D eigenvalue weighted by Crippen LogP contribution is 2.13. The van der Waals surface area contributed by atoms with Gasteiger partial charge in [-0.15, -0.1) is 0 Å². The summed E-state index contributed by atoms with van der Waals surface area (Å²) >= 11 is 0. The maximum absolute atomic E-state index is 5.91. The van der Waals surface area contributed by atoms with E-state index >= 15 is 0 Å². The maximum atomic E-state index is 5.91. The molecule has 0 radical (unpaired) electrons. The van der Waals surface area contributed by atoms with Gasteiger partial charge in [-0.3, -0.25) is 4.68 Å². The minimum Gasteiger partial charge on any atom is -0.326 e. The number of rotatable bonds is 3. The van der Waals surface area contributed by atoms with E-state index in [1.165, 1.54) is 11.3 Å². The summed E-state index contributed by atoms with van der Waals surface area (Å²) in [7, 11) is 1.96. The third kappa shape index (κ3) is 2.84. The second-order valence-electron chi connectivity index (χ2n) is 4.37. The zero-order valence-electron chi connectivity index (χ0n) is 8.96. The summed E-state index contributed by atoms with van der Waals surface area (Å²) in [6, 6.07) is 0. The maximum Gasteiger partial charge on any atom is 0.0524 e. The summed E-state index contributed by atoms with van der Waals surface area (Å²) in [5, 5.41) is 4.19. The van der Waals surface area contributed by atoms with Gasteiger partial charge in [-0.25, -0.2) is 0 Å². The van der Waals surface area contributed by atoms with Gasteiger partial charge in [0, 0.05) is 18.3 Å². The molecule has 1 rings (SSSR count). The Kier molecular flexibility index (Phi) is 2.76. The van der Waals surface area contributed by atoms with Crippen molar-refractivity contribution >= 4 is 0 Å². The normalized spacial score (nSPS) is 12.1. The highest BCUT2D eigenvalue weighted by molar-refractivity contribution is 5.16. The number of nitrogens with zero attached hydrogens (tertiary/aromatic N) is 2. The first-order valence-corrected chi connectivity index (χ1v) is 4.66. The first-order chi connectivity index (χ1) is 5.90. The van der Waals surface area contributed by atoms with Crippen LogP contribution in [0.15, 0.2) is 6.20 Å². The molecule has 0 atom stereocenters. The molecule has 0 aliphatic carbocycles. The second kappa shape index (κ2) is 3.50. The highest BCUT2D eigenvalue weighted by atomic mass is 15.3. The molecule has 0 bridgehead atoms. The molecule has 0 aliphatic heterocycles. The van der Waals surface area contributed by atoms with E-state index in [2.05, 4.69) is 25.9 Å². The van der Waals surface area contributed by atoms with Crippen LogP contribution in [0.1, 0.15) is 31.5 Å². The Morgan fingerprint density at radius 1 is 1.54 bits per heavy atom. The van der Waals surface area contributed by atoms with Gasteiger partial charge in [0.1, 0.15) is 0 Å². The summed E-state index contributed by atoms with van der Waals surface area (Å²) in [5.41, 5.74) is 8.38. The second-order valence-corrected chi connectivity index (χ2v) is 4.37. The van der Waals surface area contributed by atoms with E-state index in [1.54, 1.807) is 0 Å². The molecule has 0 aliphatic rings. The molecular formula is C10H19N3. The Bertz CT molecular complexity index is 281. The molecule has 74 valence electrons. The first kappa shape index (κ1) is 10.3. The van der Waals surface area contributed by atoms with Crippen LogP contribution in [-0.2, 0) is 13.5 Å². The molecule has 1 aromatic heterocycles. The van der Waals surface area contributed by atoms with Gasteiger partial charge in [-0.2, -0.15) is 5.10 Å². The SMILES string of the molecule is Cc1c(CCC(C)(C)N)cnn1C. The van der Waals surface area contributed by atoms with Gasteiger partial charge in [0.25, 0.3) is 0 Å². The van der Waals surface area contributed by atoms with Crippen LogP contribution in [0.4, 0.5) is 0 Å². The minimum atomic E-state index is -0.0811. The fraction of sp³-hybridized carbons (Fsp3) is 0.700. The molecule has 0 unspecified atom stereocenters. The van der Waals surface area contributed by atoms with Crippen molar-refractivity contribution in [3.63, 3.8) is 0 Å². The Morgan fingerprint density at radius 2 is 2.15 bits per heavy atom. The molecule has 0 aromatic carbocycles. The van der Waals surface area contributed by atoms with E-state index in [9.17, 15) is 0 Å². The average Bonchev–Trinajstić information content (AvgIpc) is 2.29. The molecule has 2 N–H and O–H groups in total. The third-order valence-corrected chi connectivity index (χ3v) is 2.38. The summed E-state index contributed by atoms with van der Waals surface area (Å²) in [6.45, 7) is 6.20.